The zero-order chi connectivity index (χ0) is 15.6. The second-order valence-electron chi connectivity index (χ2n) is 4.51. The van der Waals surface area contributed by atoms with Crippen LogP contribution in [0.4, 0.5) is 19.3 Å². The van der Waals surface area contributed by atoms with Crippen LogP contribution >= 0.6 is 11.6 Å². The molecular weight excluding hydrogens is 300 g/mol. The highest BCUT2D eigenvalue weighted by Gasteiger charge is 2.11. The van der Waals surface area contributed by atoms with Crippen molar-refractivity contribution in [2.45, 2.75) is 13.8 Å². The average molecular weight is 312 g/mol. The predicted molar refractivity (Wildman–Crippen MR) is 76.9 cm³/mol. The van der Waals surface area contributed by atoms with Crippen LogP contribution < -0.4 is 10.1 Å². The first-order valence-electron chi connectivity index (χ1n) is 6.07. The number of hydrogen-bond donors (Lipinski definition) is 1. The van der Waals surface area contributed by atoms with Crippen LogP contribution in [0.1, 0.15) is 11.1 Å². The second-order valence-corrected chi connectivity index (χ2v) is 4.89. The molecule has 1 amide bonds. The molecule has 0 fully saturated rings. The Labute approximate surface area is 125 Å². The molecule has 0 bridgehead atoms. The van der Waals surface area contributed by atoms with E-state index < -0.39 is 17.7 Å². The summed E-state index contributed by atoms with van der Waals surface area (Å²) in [4.78, 5) is 11.7. The van der Waals surface area contributed by atoms with Gasteiger partial charge >= 0.3 is 6.09 Å². The Balaban J connectivity index is 2.13. The molecule has 0 saturated carbocycles. The zero-order valence-electron chi connectivity index (χ0n) is 11.3. The number of hydrogen-bond acceptors (Lipinski definition) is 2. The number of carbonyl (C=O) groups excluding carboxylic acids is 1. The van der Waals surface area contributed by atoms with Crippen molar-refractivity contribution < 1.29 is 18.3 Å². The number of rotatable bonds is 2. The Morgan fingerprint density at radius 2 is 1.76 bits per heavy atom. The molecule has 6 heteroatoms. The van der Waals surface area contributed by atoms with Crippen molar-refractivity contribution in [2.24, 2.45) is 0 Å². The van der Waals surface area contributed by atoms with Gasteiger partial charge in [-0.05, 0) is 49.2 Å². The summed E-state index contributed by atoms with van der Waals surface area (Å²) in [5.74, 6) is -1.15. The van der Waals surface area contributed by atoms with Crippen molar-refractivity contribution in [3.63, 3.8) is 0 Å². The summed E-state index contributed by atoms with van der Waals surface area (Å²) in [7, 11) is 0. The van der Waals surface area contributed by atoms with Gasteiger partial charge in [0.05, 0.1) is 5.69 Å². The monoisotopic (exact) mass is 311 g/mol. The van der Waals surface area contributed by atoms with Crippen LogP contribution in [0, 0.1) is 25.5 Å². The summed E-state index contributed by atoms with van der Waals surface area (Å²) >= 11 is 6.01. The summed E-state index contributed by atoms with van der Waals surface area (Å²) in [5, 5.41) is 2.73. The van der Waals surface area contributed by atoms with E-state index in [1.54, 1.807) is 26.0 Å². The molecule has 0 aromatic heterocycles. The summed E-state index contributed by atoms with van der Waals surface area (Å²) in [6, 6.07) is 5.90. The number of amides is 1. The van der Waals surface area contributed by atoms with E-state index in [4.69, 9.17) is 16.3 Å². The fraction of sp³-hybridized carbons (Fsp3) is 0.133. The maximum atomic E-state index is 13.4. The summed E-state index contributed by atoms with van der Waals surface area (Å²) in [6.07, 6.45) is -0.916. The zero-order valence-corrected chi connectivity index (χ0v) is 12.1. The number of aryl methyl sites for hydroxylation is 2. The van der Waals surface area contributed by atoms with E-state index in [1.165, 1.54) is 0 Å². The average Bonchev–Trinajstić information content (AvgIpc) is 2.40. The van der Waals surface area contributed by atoms with E-state index in [2.05, 4.69) is 5.32 Å². The molecule has 0 aliphatic carbocycles. The largest absolute Gasteiger partial charge is 0.417 e. The lowest BCUT2D eigenvalue weighted by molar-refractivity contribution is 0.215. The Morgan fingerprint density at radius 1 is 1.14 bits per heavy atom. The Kier molecular flexibility index (Phi) is 4.43. The maximum Gasteiger partial charge on any atom is 0.417 e. The van der Waals surface area contributed by atoms with Crippen LogP contribution in [0.25, 0.3) is 0 Å². The molecule has 0 aliphatic heterocycles. The topological polar surface area (TPSA) is 38.3 Å². The number of nitrogens with one attached hydrogen (secondary N) is 1. The third kappa shape index (κ3) is 3.70. The highest BCUT2D eigenvalue weighted by molar-refractivity contribution is 6.32. The Morgan fingerprint density at radius 3 is 2.38 bits per heavy atom. The van der Waals surface area contributed by atoms with E-state index in [-0.39, 0.29) is 11.4 Å². The number of benzene rings is 2. The summed E-state index contributed by atoms with van der Waals surface area (Å²) in [6.45, 7) is 3.54. The van der Waals surface area contributed by atoms with Gasteiger partial charge in [-0.2, -0.15) is 0 Å². The van der Waals surface area contributed by atoms with Gasteiger partial charge in [0.25, 0.3) is 0 Å². The molecule has 2 aromatic carbocycles. The van der Waals surface area contributed by atoms with E-state index in [0.29, 0.717) is 5.02 Å². The van der Waals surface area contributed by atoms with Crippen molar-refractivity contribution in [3.8, 4) is 5.75 Å². The minimum atomic E-state index is -0.916. The van der Waals surface area contributed by atoms with Crippen molar-refractivity contribution >= 4 is 23.4 Å². The molecule has 21 heavy (non-hydrogen) atoms. The number of halogens is 3. The normalized spacial score (nSPS) is 10.3. The fourth-order valence-corrected chi connectivity index (χ4v) is 1.91. The van der Waals surface area contributed by atoms with Crippen LogP contribution in [-0.2, 0) is 0 Å². The smallest absolute Gasteiger partial charge is 0.410 e. The first-order valence-corrected chi connectivity index (χ1v) is 6.45. The van der Waals surface area contributed by atoms with Gasteiger partial charge < -0.3 is 4.74 Å². The lowest BCUT2D eigenvalue weighted by atomic mass is 10.1. The van der Waals surface area contributed by atoms with Crippen molar-refractivity contribution in [1.82, 2.24) is 0 Å². The number of anilines is 1. The summed E-state index contributed by atoms with van der Waals surface area (Å²) < 4.78 is 31.4. The molecule has 3 nitrogen and oxygen atoms in total. The first-order chi connectivity index (χ1) is 9.86. The molecule has 2 aromatic rings. The highest BCUT2D eigenvalue weighted by atomic mass is 35.5. The number of carbonyl (C=O) groups is 1. The van der Waals surface area contributed by atoms with Gasteiger partial charge in [-0.25, -0.2) is 13.6 Å². The van der Waals surface area contributed by atoms with Crippen LogP contribution in [0.5, 0.6) is 5.75 Å². The van der Waals surface area contributed by atoms with Crippen LogP contribution in [0.15, 0.2) is 30.3 Å². The fourth-order valence-electron chi connectivity index (χ4n) is 1.80. The standard InChI is InChI=1S/C15H12ClF2NO2/c1-8-5-11(6-9(2)14(8)16)21-15(20)19-13-7-10(17)3-4-12(13)18/h3-7H,1-2H3,(H,19,20). The van der Waals surface area contributed by atoms with Crippen molar-refractivity contribution in [2.75, 3.05) is 5.32 Å². The molecule has 0 saturated heterocycles. The third-order valence-electron chi connectivity index (χ3n) is 2.79. The van der Waals surface area contributed by atoms with Crippen molar-refractivity contribution in [3.05, 3.63) is 58.1 Å². The maximum absolute atomic E-state index is 13.4. The van der Waals surface area contributed by atoms with Gasteiger partial charge in [0.2, 0.25) is 0 Å². The molecule has 2 rings (SSSR count). The van der Waals surface area contributed by atoms with Gasteiger partial charge in [-0.1, -0.05) is 11.6 Å². The minimum Gasteiger partial charge on any atom is -0.410 e. The van der Waals surface area contributed by atoms with E-state index >= 15 is 0 Å². The van der Waals surface area contributed by atoms with Gasteiger partial charge in [-0.15, -0.1) is 0 Å². The Bertz CT molecular complexity index is 681. The number of ether oxygens (including phenoxy) is 1. The molecule has 1 N–H and O–H groups in total. The highest BCUT2D eigenvalue weighted by Crippen LogP contribution is 2.26. The molecule has 0 unspecified atom stereocenters. The molecular formula is C15H12ClF2NO2. The van der Waals surface area contributed by atoms with Gasteiger partial charge in [0.1, 0.15) is 17.4 Å². The summed E-state index contributed by atoms with van der Waals surface area (Å²) in [5.41, 5.74) is 1.20. The van der Waals surface area contributed by atoms with E-state index in [9.17, 15) is 13.6 Å². The quantitative estimate of drug-likeness (QED) is 0.861. The van der Waals surface area contributed by atoms with Gasteiger partial charge in [0, 0.05) is 11.1 Å². The van der Waals surface area contributed by atoms with Gasteiger partial charge in [0.15, 0.2) is 0 Å². The predicted octanol–water partition coefficient (Wildman–Crippen LogP) is 4.85. The second kappa shape index (κ2) is 6.10. The van der Waals surface area contributed by atoms with E-state index in [0.717, 1.165) is 29.3 Å². The molecule has 0 aliphatic rings. The third-order valence-corrected chi connectivity index (χ3v) is 3.38. The van der Waals surface area contributed by atoms with Crippen LogP contribution in [0.2, 0.25) is 5.02 Å². The molecule has 0 radical (unpaired) electrons. The molecule has 0 spiro atoms. The SMILES string of the molecule is Cc1cc(OC(=O)Nc2cc(F)ccc2F)cc(C)c1Cl. The van der Waals surface area contributed by atoms with E-state index in [1.807, 2.05) is 0 Å². The molecule has 0 atom stereocenters. The first kappa shape index (κ1) is 15.3. The van der Waals surface area contributed by atoms with Crippen molar-refractivity contribution in [1.29, 1.82) is 0 Å². The molecule has 110 valence electrons. The van der Waals surface area contributed by atoms with Crippen LogP contribution in [0.3, 0.4) is 0 Å². The lowest BCUT2D eigenvalue weighted by Crippen LogP contribution is -2.17. The Hall–Kier alpha value is -2.14. The minimum absolute atomic E-state index is 0.267. The van der Waals surface area contributed by atoms with Crippen LogP contribution in [-0.4, -0.2) is 6.09 Å². The van der Waals surface area contributed by atoms with Gasteiger partial charge in [-0.3, -0.25) is 5.32 Å². The molecule has 0 heterocycles. The lowest BCUT2D eigenvalue weighted by Gasteiger charge is -2.10.